The number of rotatable bonds is 3. The van der Waals surface area contributed by atoms with Gasteiger partial charge in [0.15, 0.2) is 0 Å². The highest BCUT2D eigenvalue weighted by Crippen LogP contribution is 2.24. The lowest BCUT2D eigenvalue weighted by molar-refractivity contribution is -0.132. The Morgan fingerprint density at radius 3 is 2.65 bits per heavy atom. The van der Waals surface area contributed by atoms with Gasteiger partial charge in [0.05, 0.1) is 11.7 Å². The first-order valence-corrected chi connectivity index (χ1v) is 8.33. The van der Waals surface area contributed by atoms with Gasteiger partial charge in [-0.2, -0.15) is 5.10 Å². The molecule has 2 aromatic rings. The van der Waals surface area contributed by atoms with Crippen molar-refractivity contribution in [1.29, 1.82) is 0 Å². The van der Waals surface area contributed by atoms with Crippen LogP contribution < -0.4 is 0 Å². The van der Waals surface area contributed by atoms with Gasteiger partial charge in [-0.25, -0.2) is 0 Å². The Kier molecular flexibility index (Phi) is 4.24. The highest BCUT2D eigenvalue weighted by molar-refractivity contribution is 5.76. The van der Waals surface area contributed by atoms with E-state index in [0.29, 0.717) is 13.0 Å². The number of hydrogen-bond acceptors (Lipinski definition) is 2. The zero-order chi connectivity index (χ0) is 16.4. The van der Waals surface area contributed by atoms with Gasteiger partial charge in [-0.05, 0) is 32.8 Å². The summed E-state index contributed by atoms with van der Waals surface area (Å²) in [7, 11) is 0. The molecule has 0 saturated carbocycles. The Morgan fingerprint density at radius 2 is 1.96 bits per heavy atom. The van der Waals surface area contributed by atoms with Gasteiger partial charge in [-0.3, -0.25) is 9.48 Å². The van der Waals surface area contributed by atoms with E-state index >= 15 is 0 Å². The van der Waals surface area contributed by atoms with Gasteiger partial charge in [0.1, 0.15) is 0 Å². The Bertz CT molecular complexity index is 682. The lowest BCUT2D eigenvalue weighted by Gasteiger charge is -2.30. The van der Waals surface area contributed by atoms with E-state index in [0.717, 1.165) is 19.4 Å². The number of nitrogens with zero attached hydrogens (tertiary/aromatic N) is 3. The maximum Gasteiger partial charge on any atom is 0.223 e. The zero-order valence-electron chi connectivity index (χ0n) is 14.2. The molecule has 0 aliphatic carbocycles. The van der Waals surface area contributed by atoms with Crippen molar-refractivity contribution in [3.8, 4) is 0 Å². The molecule has 122 valence electrons. The summed E-state index contributed by atoms with van der Waals surface area (Å²) >= 11 is 0. The van der Waals surface area contributed by atoms with Crippen LogP contribution in [0, 0.1) is 0 Å². The van der Waals surface area contributed by atoms with Crippen LogP contribution in [0.15, 0.2) is 36.5 Å². The van der Waals surface area contributed by atoms with E-state index in [1.807, 2.05) is 29.3 Å². The van der Waals surface area contributed by atoms with Crippen LogP contribution in [-0.4, -0.2) is 27.1 Å². The van der Waals surface area contributed by atoms with Crippen LogP contribution in [0.3, 0.4) is 0 Å². The normalized spacial score (nSPS) is 14.7. The molecule has 0 atom stereocenters. The van der Waals surface area contributed by atoms with E-state index in [4.69, 9.17) is 0 Å². The SMILES string of the molecule is CC(C)(C)n1ncc2c1CCN(C(=O)CCc1ccccc1)C2. The molecule has 23 heavy (non-hydrogen) atoms. The first-order valence-electron chi connectivity index (χ1n) is 8.33. The van der Waals surface area contributed by atoms with Gasteiger partial charge >= 0.3 is 0 Å². The molecule has 0 unspecified atom stereocenters. The highest BCUT2D eigenvalue weighted by atomic mass is 16.2. The first-order chi connectivity index (χ1) is 10.9. The Hall–Kier alpha value is -2.10. The standard InChI is InChI=1S/C19H25N3O/c1-19(2,3)22-17-11-12-21(14-16(17)13-20-22)18(23)10-9-15-7-5-4-6-8-15/h4-8,13H,9-12,14H2,1-3H3. The lowest BCUT2D eigenvalue weighted by atomic mass is 10.0. The summed E-state index contributed by atoms with van der Waals surface area (Å²) in [5.74, 6) is 0.239. The monoisotopic (exact) mass is 311 g/mol. The van der Waals surface area contributed by atoms with Crippen molar-refractivity contribution in [1.82, 2.24) is 14.7 Å². The predicted octanol–water partition coefficient (Wildman–Crippen LogP) is 3.16. The second-order valence-corrected chi connectivity index (χ2v) is 7.25. The molecule has 0 saturated heterocycles. The largest absolute Gasteiger partial charge is 0.338 e. The average molecular weight is 311 g/mol. The molecule has 1 aromatic heterocycles. The molecule has 1 amide bonds. The number of amides is 1. The Labute approximate surface area is 138 Å². The van der Waals surface area contributed by atoms with Crippen LogP contribution in [0.1, 0.15) is 44.0 Å². The van der Waals surface area contributed by atoms with E-state index in [9.17, 15) is 4.79 Å². The van der Waals surface area contributed by atoms with E-state index in [2.05, 4.69) is 42.7 Å². The topological polar surface area (TPSA) is 38.1 Å². The van der Waals surface area contributed by atoms with Crippen molar-refractivity contribution in [3.63, 3.8) is 0 Å². The fourth-order valence-electron chi connectivity index (χ4n) is 3.18. The minimum atomic E-state index is -0.00687. The number of aromatic nitrogens is 2. The fraction of sp³-hybridized carbons (Fsp3) is 0.474. The molecule has 2 heterocycles. The Balaban J connectivity index is 1.63. The second-order valence-electron chi connectivity index (χ2n) is 7.25. The summed E-state index contributed by atoms with van der Waals surface area (Å²) in [6.07, 6.45) is 4.21. The maximum atomic E-state index is 12.5. The van der Waals surface area contributed by atoms with Gasteiger partial charge in [0.2, 0.25) is 5.91 Å². The molecule has 1 aliphatic rings. The molecule has 0 fully saturated rings. The summed E-state index contributed by atoms with van der Waals surface area (Å²) in [6.45, 7) is 7.98. The molecule has 0 N–H and O–H groups in total. The molecule has 1 aromatic carbocycles. The maximum absolute atomic E-state index is 12.5. The van der Waals surface area contributed by atoms with E-state index in [-0.39, 0.29) is 11.4 Å². The van der Waals surface area contributed by atoms with Crippen molar-refractivity contribution in [3.05, 3.63) is 53.3 Å². The molecular weight excluding hydrogens is 286 g/mol. The van der Waals surface area contributed by atoms with Gasteiger partial charge in [-0.1, -0.05) is 30.3 Å². The summed E-state index contributed by atoms with van der Waals surface area (Å²) in [4.78, 5) is 14.5. The number of carbonyl (C=O) groups excluding carboxylic acids is 1. The third-order valence-electron chi connectivity index (χ3n) is 4.39. The predicted molar refractivity (Wildman–Crippen MR) is 91.1 cm³/mol. The second kappa shape index (κ2) is 6.19. The smallest absolute Gasteiger partial charge is 0.223 e. The summed E-state index contributed by atoms with van der Waals surface area (Å²) < 4.78 is 2.11. The van der Waals surface area contributed by atoms with E-state index in [1.165, 1.54) is 16.8 Å². The summed E-state index contributed by atoms with van der Waals surface area (Å²) in [5.41, 5.74) is 3.69. The Morgan fingerprint density at radius 1 is 1.22 bits per heavy atom. The van der Waals surface area contributed by atoms with Crippen LogP contribution in [0.5, 0.6) is 0 Å². The third kappa shape index (κ3) is 3.46. The van der Waals surface area contributed by atoms with Crippen molar-refractivity contribution >= 4 is 5.91 Å². The van der Waals surface area contributed by atoms with Gasteiger partial charge in [-0.15, -0.1) is 0 Å². The average Bonchev–Trinajstić information content (AvgIpc) is 2.96. The van der Waals surface area contributed by atoms with Crippen molar-refractivity contribution in [2.24, 2.45) is 0 Å². The molecule has 0 radical (unpaired) electrons. The summed E-state index contributed by atoms with van der Waals surface area (Å²) in [6, 6.07) is 10.2. The minimum absolute atomic E-state index is 0.00687. The molecule has 0 spiro atoms. The molecule has 4 heteroatoms. The van der Waals surface area contributed by atoms with Crippen LogP contribution in [0.4, 0.5) is 0 Å². The molecular formula is C19H25N3O. The van der Waals surface area contributed by atoms with Crippen molar-refractivity contribution in [2.45, 2.75) is 52.1 Å². The van der Waals surface area contributed by atoms with Crippen LogP contribution in [0.2, 0.25) is 0 Å². The molecule has 0 bridgehead atoms. The van der Waals surface area contributed by atoms with Crippen molar-refractivity contribution < 1.29 is 4.79 Å². The minimum Gasteiger partial charge on any atom is -0.338 e. The zero-order valence-corrected chi connectivity index (χ0v) is 14.2. The van der Waals surface area contributed by atoms with E-state index in [1.54, 1.807) is 0 Å². The quantitative estimate of drug-likeness (QED) is 0.873. The van der Waals surface area contributed by atoms with Gasteiger partial charge in [0, 0.05) is 37.2 Å². The first kappa shape index (κ1) is 15.8. The fourth-order valence-corrected chi connectivity index (χ4v) is 3.18. The van der Waals surface area contributed by atoms with Crippen LogP contribution >= 0.6 is 0 Å². The number of fused-ring (bicyclic) bond motifs is 1. The van der Waals surface area contributed by atoms with Crippen molar-refractivity contribution in [2.75, 3.05) is 6.54 Å². The van der Waals surface area contributed by atoms with Crippen LogP contribution in [0.25, 0.3) is 0 Å². The lowest BCUT2D eigenvalue weighted by Crippen LogP contribution is -2.37. The number of aryl methyl sites for hydroxylation is 1. The highest BCUT2D eigenvalue weighted by Gasteiger charge is 2.27. The third-order valence-corrected chi connectivity index (χ3v) is 4.39. The number of benzene rings is 1. The number of carbonyl (C=O) groups is 1. The van der Waals surface area contributed by atoms with E-state index < -0.39 is 0 Å². The molecule has 1 aliphatic heterocycles. The summed E-state index contributed by atoms with van der Waals surface area (Å²) in [5, 5.41) is 4.54. The van der Waals surface area contributed by atoms with Crippen LogP contribution in [-0.2, 0) is 29.7 Å². The molecule has 3 rings (SSSR count). The molecule has 4 nitrogen and oxygen atoms in total. The van der Waals surface area contributed by atoms with Gasteiger partial charge in [0.25, 0.3) is 0 Å². The van der Waals surface area contributed by atoms with Gasteiger partial charge < -0.3 is 4.90 Å². The number of hydrogen-bond donors (Lipinski definition) is 0.